The first kappa shape index (κ1) is 30.2. The third kappa shape index (κ3) is 6.12. The highest BCUT2D eigenvalue weighted by Gasteiger charge is 2.51. The maximum Gasteiger partial charge on any atom is 0.421 e. The summed E-state index contributed by atoms with van der Waals surface area (Å²) in [6.07, 6.45) is -3.94. The van der Waals surface area contributed by atoms with Gasteiger partial charge in [0.05, 0.1) is 24.5 Å². The van der Waals surface area contributed by atoms with Crippen LogP contribution in [0.2, 0.25) is 0 Å². The van der Waals surface area contributed by atoms with Crippen LogP contribution in [0.3, 0.4) is 0 Å². The van der Waals surface area contributed by atoms with Crippen LogP contribution in [0.25, 0.3) is 0 Å². The lowest BCUT2D eigenvalue weighted by atomic mass is 9.95. The van der Waals surface area contributed by atoms with Crippen LogP contribution in [0, 0.1) is 5.82 Å². The Hall–Kier alpha value is -2.72. The van der Waals surface area contributed by atoms with Crippen LogP contribution in [-0.4, -0.2) is 70.9 Å². The third-order valence-electron chi connectivity index (χ3n) is 6.74. The van der Waals surface area contributed by atoms with Crippen molar-refractivity contribution >= 4 is 42.8 Å². The zero-order valence-corrected chi connectivity index (χ0v) is 23.9. The van der Waals surface area contributed by atoms with Crippen LogP contribution in [0.4, 0.5) is 28.9 Å². The number of piperazine rings is 1. The fourth-order valence-electron chi connectivity index (χ4n) is 4.45. The number of hydrogen-bond donors (Lipinski definition) is 1. The van der Waals surface area contributed by atoms with Gasteiger partial charge in [-0.25, -0.2) is 21.2 Å². The van der Waals surface area contributed by atoms with Crippen molar-refractivity contribution < 1.29 is 39.5 Å². The maximum absolute atomic E-state index is 13.6. The molecular weight excluding hydrogens is 594 g/mol. The summed E-state index contributed by atoms with van der Waals surface area (Å²) >= 11 is 1.04. The number of alkyl halides is 3. The van der Waals surface area contributed by atoms with Crippen molar-refractivity contribution in [2.75, 3.05) is 41.6 Å². The van der Waals surface area contributed by atoms with Crippen molar-refractivity contribution in [2.45, 2.75) is 29.0 Å². The fraction of sp³-hybridized carbons (Fsp3) is 0.360. The summed E-state index contributed by atoms with van der Waals surface area (Å²) in [5.74, 6) is -0.570. The van der Waals surface area contributed by atoms with Gasteiger partial charge in [0.15, 0.2) is 5.60 Å². The van der Waals surface area contributed by atoms with Crippen LogP contribution in [0.5, 0.6) is 0 Å². The summed E-state index contributed by atoms with van der Waals surface area (Å²) in [7, 11) is -7.81. The van der Waals surface area contributed by atoms with Gasteiger partial charge >= 0.3 is 6.18 Å². The number of aliphatic hydroxyl groups is 1. The number of nitrogens with zero attached hydrogens (tertiary/aromatic N) is 3. The Morgan fingerprint density at radius 2 is 1.62 bits per heavy atom. The lowest BCUT2D eigenvalue weighted by molar-refractivity contribution is -0.258. The molecular formula is C25H27F4N3O5S3. The van der Waals surface area contributed by atoms with Gasteiger partial charge in [0.25, 0.3) is 10.0 Å². The van der Waals surface area contributed by atoms with E-state index in [0.29, 0.717) is 12.6 Å². The van der Waals surface area contributed by atoms with E-state index in [1.54, 1.807) is 16.3 Å². The summed E-state index contributed by atoms with van der Waals surface area (Å²) < 4.78 is 108. The first-order chi connectivity index (χ1) is 18.5. The van der Waals surface area contributed by atoms with E-state index < -0.39 is 43.7 Å². The molecule has 1 aliphatic rings. The van der Waals surface area contributed by atoms with Crippen LogP contribution < -0.4 is 9.21 Å². The molecule has 1 N–H and O–H groups in total. The van der Waals surface area contributed by atoms with Crippen molar-refractivity contribution in [3.63, 3.8) is 0 Å². The zero-order chi connectivity index (χ0) is 29.5. The number of thiophene rings is 1. The van der Waals surface area contributed by atoms with Gasteiger partial charge in [0.2, 0.25) is 10.0 Å². The molecule has 3 aromatic rings. The van der Waals surface area contributed by atoms with Crippen molar-refractivity contribution in [3.05, 3.63) is 77.4 Å². The first-order valence-electron chi connectivity index (χ1n) is 11.9. The molecule has 218 valence electrons. The third-order valence-corrected chi connectivity index (χ3v) is 11.1. The molecule has 2 atom stereocenters. The molecule has 0 spiro atoms. The van der Waals surface area contributed by atoms with E-state index >= 15 is 0 Å². The second-order valence-electron chi connectivity index (χ2n) is 9.53. The number of halogens is 4. The van der Waals surface area contributed by atoms with E-state index in [9.17, 15) is 39.5 Å². The van der Waals surface area contributed by atoms with Crippen LogP contribution in [-0.2, 0) is 25.6 Å². The molecule has 2 aromatic carbocycles. The van der Waals surface area contributed by atoms with Gasteiger partial charge < -0.3 is 10.0 Å². The van der Waals surface area contributed by atoms with Gasteiger partial charge in [-0.3, -0.25) is 4.31 Å². The average molecular weight is 622 g/mol. The van der Waals surface area contributed by atoms with Gasteiger partial charge in [-0.05, 0) is 60.3 Å². The van der Waals surface area contributed by atoms with E-state index in [4.69, 9.17) is 0 Å². The molecule has 0 aliphatic carbocycles. The highest BCUT2D eigenvalue weighted by molar-refractivity contribution is 7.92. The fourth-order valence-corrected chi connectivity index (χ4v) is 8.01. The molecule has 0 bridgehead atoms. The van der Waals surface area contributed by atoms with Gasteiger partial charge in [0, 0.05) is 25.3 Å². The van der Waals surface area contributed by atoms with Crippen LogP contribution >= 0.6 is 11.3 Å². The number of rotatable bonds is 8. The van der Waals surface area contributed by atoms with E-state index in [1.807, 2.05) is 0 Å². The van der Waals surface area contributed by atoms with Crippen LogP contribution in [0.1, 0.15) is 12.5 Å². The van der Waals surface area contributed by atoms with Gasteiger partial charge in [-0.1, -0.05) is 18.2 Å². The molecule has 1 fully saturated rings. The van der Waals surface area contributed by atoms with Gasteiger partial charge in [0.1, 0.15) is 10.0 Å². The van der Waals surface area contributed by atoms with Crippen molar-refractivity contribution in [1.29, 1.82) is 0 Å². The molecule has 0 radical (unpaired) electrons. The molecule has 0 amide bonds. The number of anilines is 2. The minimum Gasteiger partial charge on any atom is -0.376 e. The van der Waals surface area contributed by atoms with E-state index in [0.717, 1.165) is 46.2 Å². The summed E-state index contributed by atoms with van der Waals surface area (Å²) in [4.78, 5) is 1.72. The van der Waals surface area contributed by atoms with Crippen molar-refractivity contribution in [3.8, 4) is 0 Å². The highest BCUT2D eigenvalue weighted by atomic mass is 32.2. The molecule has 1 aliphatic heterocycles. The second kappa shape index (κ2) is 10.9. The summed E-state index contributed by atoms with van der Waals surface area (Å²) in [5, 5.41) is 11.7. The minimum atomic E-state index is -4.91. The monoisotopic (exact) mass is 621 g/mol. The van der Waals surface area contributed by atoms with Gasteiger partial charge in [-0.2, -0.15) is 17.5 Å². The maximum atomic E-state index is 13.6. The highest BCUT2D eigenvalue weighted by Crippen LogP contribution is 2.39. The summed E-state index contributed by atoms with van der Waals surface area (Å²) in [5.41, 5.74) is -2.90. The number of sulfonamides is 2. The molecule has 1 saturated heterocycles. The second-order valence-corrected chi connectivity index (χ2v) is 14.5. The van der Waals surface area contributed by atoms with Gasteiger partial charge in [-0.15, -0.1) is 11.3 Å². The normalized spacial score (nSPS) is 18.9. The van der Waals surface area contributed by atoms with Crippen LogP contribution in [0.15, 0.2) is 70.3 Å². The first-order valence-corrected chi connectivity index (χ1v) is 16.1. The van der Waals surface area contributed by atoms with Crippen molar-refractivity contribution in [1.82, 2.24) is 4.31 Å². The standard InChI is InChI=1S/C25H27F4N3O5S3/c1-24(33,25(27,28)29)18-5-9-20(10-6-18)31-14-13-30(40(36,37)23-4-3-15-38-23)16-22(31)17-32(39(2,34)35)21-11-7-19(26)8-12-21/h3-12,15,22,33H,13-14,16-17H2,1-2H3. The Morgan fingerprint density at radius 1 is 1.00 bits per heavy atom. The SMILES string of the molecule is CC(O)(c1ccc(N2CCN(S(=O)(=O)c3cccs3)CC2CN(c2ccc(F)cc2)S(C)(=O)=O)cc1)C(F)(F)F. The Morgan fingerprint density at radius 3 is 2.15 bits per heavy atom. The molecule has 0 saturated carbocycles. The molecule has 15 heteroatoms. The molecule has 2 heterocycles. The minimum absolute atomic E-state index is 0.0359. The quantitative estimate of drug-likeness (QED) is 0.382. The topological polar surface area (TPSA) is 98.2 Å². The zero-order valence-electron chi connectivity index (χ0n) is 21.4. The molecule has 8 nitrogen and oxygen atoms in total. The Bertz CT molecular complexity index is 1530. The van der Waals surface area contributed by atoms with E-state index in [-0.39, 0.29) is 41.6 Å². The lowest BCUT2D eigenvalue weighted by Crippen LogP contribution is -2.59. The molecule has 1 aromatic heterocycles. The van der Waals surface area contributed by atoms with E-state index in [1.165, 1.54) is 34.6 Å². The molecule has 40 heavy (non-hydrogen) atoms. The molecule has 4 rings (SSSR count). The predicted octanol–water partition coefficient (Wildman–Crippen LogP) is 4.00. The number of hydrogen-bond acceptors (Lipinski definition) is 7. The molecule has 2 unspecified atom stereocenters. The Balaban J connectivity index is 1.71. The largest absolute Gasteiger partial charge is 0.421 e. The smallest absolute Gasteiger partial charge is 0.376 e. The van der Waals surface area contributed by atoms with E-state index in [2.05, 4.69) is 0 Å². The van der Waals surface area contributed by atoms with Crippen molar-refractivity contribution in [2.24, 2.45) is 0 Å². The average Bonchev–Trinajstić information content (AvgIpc) is 3.43. The Labute approximate surface area is 234 Å². The number of benzene rings is 2. The summed E-state index contributed by atoms with van der Waals surface area (Å²) in [6.45, 7) is 0.420. The Kier molecular flexibility index (Phi) is 8.26. The lowest BCUT2D eigenvalue weighted by Gasteiger charge is -2.44. The summed E-state index contributed by atoms with van der Waals surface area (Å²) in [6, 6.07) is 12.1. The predicted molar refractivity (Wildman–Crippen MR) is 145 cm³/mol.